The monoisotopic (exact) mass is 529 g/mol. The molecule has 0 aliphatic carbocycles. The van der Waals surface area contributed by atoms with Crippen molar-refractivity contribution in [1.82, 2.24) is 25.6 Å². The predicted molar refractivity (Wildman–Crippen MR) is 145 cm³/mol. The van der Waals surface area contributed by atoms with Crippen LogP contribution in [-0.4, -0.2) is 54.4 Å². The van der Waals surface area contributed by atoms with E-state index in [0.717, 1.165) is 47.9 Å². The molecule has 0 radical (unpaired) electrons. The first kappa shape index (κ1) is 27.4. The second-order valence-corrected chi connectivity index (χ2v) is 9.18. The maximum atomic E-state index is 12.3. The molecule has 39 heavy (non-hydrogen) atoms. The number of nitrogens with one attached hydrogen (secondary N) is 1. The number of carboxylic acid groups (broad SMARTS) is 2. The summed E-state index contributed by atoms with van der Waals surface area (Å²) in [6.07, 6.45) is 3.97. The summed E-state index contributed by atoms with van der Waals surface area (Å²) in [7, 11) is 0. The van der Waals surface area contributed by atoms with Crippen LogP contribution in [0.2, 0.25) is 0 Å². The zero-order valence-electron chi connectivity index (χ0n) is 21.9. The van der Waals surface area contributed by atoms with Crippen LogP contribution in [0, 0.1) is 0 Å². The number of pyridine rings is 1. The molecular weight excluding hydrogens is 498 g/mol. The topological polar surface area (TPSA) is 151 Å². The molecule has 0 aliphatic heterocycles. The lowest BCUT2D eigenvalue weighted by molar-refractivity contribution is 0.0691. The van der Waals surface area contributed by atoms with Gasteiger partial charge in [0.05, 0.1) is 17.9 Å². The number of H-pyrrole nitrogens is 1. The van der Waals surface area contributed by atoms with Crippen molar-refractivity contribution < 1.29 is 24.5 Å². The number of carboxylic acids is 2. The Bertz CT molecular complexity index is 1420. The van der Waals surface area contributed by atoms with E-state index in [9.17, 15) is 19.8 Å². The van der Waals surface area contributed by atoms with Gasteiger partial charge in [0.15, 0.2) is 0 Å². The van der Waals surface area contributed by atoms with E-state index >= 15 is 0 Å². The molecule has 0 saturated heterocycles. The molecule has 4 rings (SSSR count). The van der Waals surface area contributed by atoms with Crippen molar-refractivity contribution in [3.8, 4) is 28.4 Å². The molecule has 0 amide bonds. The van der Waals surface area contributed by atoms with Gasteiger partial charge in [-0.3, -0.25) is 0 Å². The number of aromatic carboxylic acids is 2. The second-order valence-electron chi connectivity index (χ2n) is 9.18. The van der Waals surface area contributed by atoms with Gasteiger partial charge in [0.2, 0.25) is 11.7 Å². The molecule has 4 aromatic rings. The summed E-state index contributed by atoms with van der Waals surface area (Å²) in [5, 5.41) is 34.1. The highest BCUT2D eigenvalue weighted by Gasteiger charge is 2.27. The number of tetrazole rings is 1. The highest BCUT2D eigenvalue weighted by Crippen LogP contribution is 2.36. The Hall–Kier alpha value is -4.60. The molecule has 10 heteroatoms. The number of aromatic nitrogens is 5. The number of hydrogen-bond donors (Lipinski definition) is 3. The number of benzene rings is 2. The Morgan fingerprint density at radius 3 is 2.23 bits per heavy atom. The maximum Gasteiger partial charge on any atom is 0.341 e. The number of rotatable bonds is 13. The molecule has 10 nitrogen and oxygen atoms in total. The van der Waals surface area contributed by atoms with E-state index in [4.69, 9.17) is 4.74 Å². The lowest BCUT2D eigenvalue weighted by Gasteiger charge is -2.21. The molecule has 2 aromatic carbocycles. The summed E-state index contributed by atoms with van der Waals surface area (Å²) in [6.45, 7) is 4.36. The Labute approximate surface area is 226 Å². The highest BCUT2D eigenvalue weighted by atomic mass is 16.5. The summed E-state index contributed by atoms with van der Waals surface area (Å²) in [5.74, 6) is -2.44. The molecule has 2 heterocycles. The number of hydrogen-bond acceptors (Lipinski definition) is 7. The van der Waals surface area contributed by atoms with Crippen LogP contribution in [0.3, 0.4) is 0 Å². The smallest absolute Gasteiger partial charge is 0.341 e. The van der Waals surface area contributed by atoms with Crippen LogP contribution >= 0.6 is 0 Å². The van der Waals surface area contributed by atoms with E-state index in [1.54, 1.807) is 0 Å². The third kappa shape index (κ3) is 6.28. The molecule has 1 unspecified atom stereocenters. The third-order valence-corrected chi connectivity index (χ3v) is 6.53. The Balaban J connectivity index is 1.78. The fourth-order valence-corrected chi connectivity index (χ4v) is 4.49. The molecule has 0 aliphatic rings. The zero-order chi connectivity index (χ0) is 27.8. The van der Waals surface area contributed by atoms with Crippen molar-refractivity contribution in [3.63, 3.8) is 0 Å². The summed E-state index contributed by atoms with van der Waals surface area (Å²) in [4.78, 5) is 28.7. The fourth-order valence-electron chi connectivity index (χ4n) is 4.49. The molecule has 1 atom stereocenters. The van der Waals surface area contributed by atoms with Crippen molar-refractivity contribution in [1.29, 1.82) is 0 Å². The molecule has 2 aromatic heterocycles. The predicted octanol–water partition coefficient (Wildman–Crippen LogP) is 5.83. The second kappa shape index (κ2) is 12.8. The average molecular weight is 530 g/mol. The van der Waals surface area contributed by atoms with Gasteiger partial charge in [0.25, 0.3) is 0 Å². The summed E-state index contributed by atoms with van der Waals surface area (Å²) >= 11 is 0. The van der Waals surface area contributed by atoms with Crippen molar-refractivity contribution in [2.75, 3.05) is 6.61 Å². The lowest BCUT2D eigenvalue weighted by atomic mass is 9.86. The van der Waals surface area contributed by atoms with Crippen LogP contribution in [0.4, 0.5) is 0 Å². The largest absolute Gasteiger partial charge is 0.478 e. The van der Waals surface area contributed by atoms with Gasteiger partial charge in [0.1, 0.15) is 5.56 Å². The van der Waals surface area contributed by atoms with E-state index in [-0.39, 0.29) is 22.9 Å². The molecule has 0 fully saturated rings. The van der Waals surface area contributed by atoms with Gasteiger partial charge in [-0.15, -0.1) is 10.2 Å². The quantitative estimate of drug-likeness (QED) is 0.182. The minimum atomic E-state index is -1.28. The van der Waals surface area contributed by atoms with Crippen LogP contribution in [0.15, 0.2) is 54.6 Å². The summed E-state index contributed by atoms with van der Waals surface area (Å²) in [6, 6.07) is 16.8. The SMILES string of the molecule is CCCCOc1nc(C(CCCC)c2ccc(-c3ccccc3-c3nn[nH]n3)cc2)c(C(=O)O)cc1C(=O)O. The lowest BCUT2D eigenvalue weighted by Crippen LogP contribution is -2.16. The van der Waals surface area contributed by atoms with E-state index in [0.29, 0.717) is 24.5 Å². The number of aromatic amines is 1. The molecule has 0 bridgehead atoms. The average Bonchev–Trinajstić information content (AvgIpc) is 3.48. The molecule has 202 valence electrons. The van der Waals surface area contributed by atoms with Crippen molar-refractivity contribution in [2.24, 2.45) is 0 Å². The Morgan fingerprint density at radius 2 is 1.62 bits per heavy atom. The number of nitrogens with zero attached hydrogens (tertiary/aromatic N) is 4. The van der Waals surface area contributed by atoms with Gasteiger partial charge in [-0.1, -0.05) is 81.6 Å². The molecule has 0 saturated carbocycles. The van der Waals surface area contributed by atoms with E-state index in [1.807, 2.05) is 55.5 Å². The first-order chi connectivity index (χ1) is 18.9. The first-order valence-corrected chi connectivity index (χ1v) is 13.0. The van der Waals surface area contributed by atoms with Gasteiger partial charge in [-0.25, -0.2) is 14.6 Å². The Kier molecular flexibility index (Phi) is 8.98. The van der Waals surface area contributed by atoms with Crippen LogP contribution in [0.1, 0.15) is 83.8 Å². The van der Waals surface area contributed by atoms with Crippen LogP contribution in [-0.2, 0) is 0 Å². The number of carbonyl (C=O) groups is 2. The summed E-state index contributed by atoms with van der Waals surface area (Å²) < 4.78 is 5.73. The summed E-state index contributed by atoms with van der Waals surface area (Å²) in [5.41, 5.74) is 3.48. The number of unbranched alkanes of at least 4 members (excludes halogenated alkanes) is 2. The van der Waals surface area contributed by atoms with Gasteiger partial charge in [-0.05, 0) is 40.8 Å². The van der Waals surface area contributed by atoms with Crippen molar-refractivity contribution in [3.05, 3.63) is 77.0 Å². The van der Waals surface area contributed by atoms with Crippen molar-refractivity contribution in [2.45, 2.75) is 51.9 Å². The maximum absolute atomic E-state index is 12.3. The van der Waals surface area contributed by atoms with E-state index < -0.39 is 11.9 Å². The molecule has 0 spiro atoms. The van der Waals surface area contributed by atoms with E-state index in [2.05, 4.69) is 32.5 Å². The first-order valence-electron chi connectivity index (χ1n) is 13.0. The molecule has 3 N–H and O–H groups in total. The minimum absolute atomic E-state index is 0.0527. The minimum Gasteiger partial charge on any atom is -0.478 e. The zero-order valence-corrected chi connectivity index (χ0v) is 21.9. The van der Waals surface area contributed by atoms with Crippen LogP contribution in [0.5, 0.6) is 5.88 Å². The fraction of sp³-hybridized carbons (Fsp3) is 0.310. The normalized spacial score (nSPS) is 11.7. The van der Waals surface area contributed by atoms with Gasteiger partial charge >= 0.3 is 11.9 Å². The van der Waals surface area contributed by atoms with Gasteiger partial charge in [-0.2, -0.15) is 5.21 Å². The van der Waals surface area contributed by atoms with Crippen LogP contribution < -0.4 is 4.74 Å². The molecular formula is C29H31N5O5. The van der Waals surface area contributed by atoms with E-state index in [1.165, 1.54) is 6.07 Å². The standard InChI is InChI=1S/C29H31N5O5/c1-3-5-9-21(25-23(28(35)36)17-24(29(37)38)27(30-25)39-16-6-4-2)19-14-12-18(13-15-19)20-10-7-8-11-22(20)26-31-33-34-32-26/h7-8,10-15,17,21H,3-6,9,16H2,1-2H3,(H,35,36)(H,37,38)(H,31,32,33,34). The Morgan fingerprint density at radius 1 is 0.923 bits per heavy atom. The van der Waals surface area contributed by atoms with Crippen LogP contribution in [0.25, 0.3) is 22.5 Å². The van der Waals surface area contributed by atoms with Crippen molar-refractivity contribution >= 4 is 11.9 Å². The third-order valence-electron chi connectivity index (χ3n) is 6.53. The van der Waals surface area contributed by atoms with Gasteiger partial charge in [0, 0.05) is 11.5 Å². The highest BCUT2D eigenvalue weighted by molar-refractivity contribution is 5.96. The number of ether oxygens (including phenoxy) is 1. The van der Waals surface area contributed by atoms with Gasteiger partial charge < -0.3 is 14.9 Å².